The molecule has 0 fully saturated rings. The second-order valence-corrected chi connectivity index (χ2v) is 6.56. The molecule has 6 heteroatoms. The predicted molar refractivity (Wildman–Crippen MR) is 91.1 cm³/mol. The van der Waals surface area contributed by atoms with Gasteiger partial charge in [-0.05, 0) is 25.3 Å². The second kappa shape index (κ2) is 7.55. The Labute approximate surface area is 142 Å². The highest BCUT2D eigenvalue weighted by molar-refractivity contribution is 5.86. The third-order valence-corrected chi connectivity index (χ3v) is 4.20. The molecule has 0 aliphatic carbocycles. The Bertz CT molecular complexity index is 628. The zero-order valence-corrected chi connectivity index (χ0v) is 14.9. The average molecular weight is 334 g/mol. The first-order valence-electron chi connectivity index (χ1n) is 8.22. The van der Waals surface area contributed by atoms with Crippen LogP contribution in [0.3, 0.4) is 0 Å². The summed E-state index contributed by atoms with van der Waals surface area (Å²) in [7, 11) is 1.28. The standard InChI is InChI=1S/C18H26N2O4/c1-10(2)15(20-18(22)23-5)17(21)19-14-6-7-24-16-12(4)8-11(3)9-13(14)16/h8-10,14-15H,6-7H2,1-5H3,(H,19,21)(H,20,22)/t14?,15-/m1/s1. The molecule has 0 aromatic heterocycles. The fourth-order valence-corrected chi connectivity index (χ4v) is 3.01. The number of carbonyl (C=O) groups excluding carboxylic acids is 2. The number of aryl methyl sites for hydroxylation is 2. The summed E-state index contributed by atoms with van der Waals surface area (Å²) in [4.78, 5) is 24.1. The number of alkyl carbamates (subject to hydrolysis) is 1. The Hall–Kier alpha value is -2.24. The number of carbonyl (C=O) groups is 2. The SMILES string of the molecule is COC(=O)N[C@@H](C(=O)NC1CCOc2c(C)cc(C)cc21)C(C)C. The van der Waals surface area contributed by atoms with Crippen LogP contribution in [0.15, 0.2) is 12.1 Å². The zero-order valence-electron chi connectivity index (χ0n) is 14.9. The number of hydrogen-bond acceptors (Lipinski definition) is 4. The van der Waals surface area contributed by atoms with Crippen LogP contribution < -0.4 is 15.4 Å². The van der Waals surface area contributed by atoms with E-state index < -0.39 is 12.1 Å². The highest BCUT2D eigenvalue weighted by Crippen LogP contribution is 2.35. The maximum atomic E-state index is 12.7. The van der Waals surface area contributed by atoms with Gasteiger partial charge in [-0.15, -0.1) is 0 Å². The highest BCUT2D eigenvalue weighted by Gasteiger charge is 2.30. The number of methoxy groups -OCH3 is 1. The molecule has 0 spiro atoms. The van der Waals surface area contributed by atoms with Gasteiger partial charge in [-0.2, -0.15) is 0 Å². The monoisotopic (exact) mass is 334 g/mol. The van der Waals surface area contributed by atoms with Crippen LogP contribution in [-0.2, 0) is 9.53 Å². The van der Waals surface area contributed by atoms with Gasteiger partial charge in [0.1, 0.15) is 11.8 Å². The van der Waals surface area contributed by atoms with Gasteiger partial charge in [-0.1, -0.05) is 31.5 Å². The van der Waals surface area contributed by atoms with Crippen molar-refractivity contribution in [2.75, 3.05) is 13.7 Å². The quantitative estimate of drug-likeness (QED) is 0.887. The van der Waals surface area contributed by atoms with Crippen molar-refractivity contribution in [1.82, 2.24) is 10.6 Å². The summed E-state index contributed by atoms with van der Waals surface area (Å²) < 4.78 is 10.4. The molecular weight excluding hydrogens is 308 g/mol. The first kappa shape index (κ1) is 18.1. The van der Waals surface area contributed by atoms with Crippen LogP contribution >= 0.6 is 0 Å². The molecule has 0 saturated heterocycles. The molecular formula is C18H26N2O4. The molecule has 2 amide bonds. The molecule has 1 heterocycles. The van der Waals surface area contributed by atoms with Crippen molar-refractivity contribution in [2.24, 2.45) is 5.92 Å². The average Bonchev–Trinajstić information content (AvgIpc) is 2.52. The molecule has 1 aromatic rings. The van der Waals surface area contributed by atoms with Crippen molar-refractivity contribution < 1.29 is 19.1 Å². The van der Waals surface area contributed by atoms with E-state index in [0.29, 0.717) is 13.0 Å². The third kappa shape index (κ3) is 3.99. The van der Waals surface area contributed by atoms with Crippen LogP contribution in [0.25, 0.3) is 0 Å². The van der Waals surface area contributed by atoms with E-state index in [2.05, 4.69) is 21.4 Å². The minimum absolute atomic E-state index is 0.0531. The second-order valence-electron chi connectivity index (χ2n) is 6.56. The molecule has 0 radical (unpaired) electrons. The lowest BCUT2D eigenvalue weighted by Gasteiger charge is -2.30. The first-order valence-corrected chi connectivity index (χ1v) is 8.22. The summed E-state index contributed by atoms with van der Waals surface area (Å²) in [5.74, 6) is 0.578. The van der Waals surface area contributed by atoms with Gasteiger partial charge >= 0.3 is 6.09 Å². The van der Waals surface area contributed by atoms with E-state index in [-0.39, 0.29) is 17.9 Å². The van der Waals surface area contributed by atoms with Crippen LogP contribution in [0.2, 0.25) is 0 Å². The van der Waals surface area contributed by atoms with Crippen LogP contribution in [0, 0.1) is 19.8 Å². The van der Waals surface area contributed by atoms with Crippen molar-refractivity contribution >= 4 is 12.0 Å². The van der Waals surface area contributed by atoms with Gasteiger partial charge in [-0.3, -0.25) is 4.79 Å². The van der Waals surface area contributed by atoms with E-state index in [1.165, 1.54) is 7.11 Å². The Kier molecular flexibility index (Phi) is 5.70. The molecule has 1 aromatic carbocycles. The minimum Gasteiger partial charge on any atom is -0.493 e. The summed E-state index contributed by atoms with van der Waals surface area (Å²) in [6, 6.07) is 3.35. The topological polar surface area (TPSA) is 76.7 Å². The van der Waals surface area contributed by atoms with Crippen LogP contribution in [0.1, 0.15) is 43.0 Å². The van der Waals surface area contributed by atoms with Gasteiger partial charge in [-0.25, -0.2) is 4.79 Å². The van der Waals surface area contributed by atoms with Gasteiger partial charge in [0.05, 0.1) is 19.8 Å². The van der Waals surface area contributed by atoms with Gasteiger partial charge in [0, 0.05) is 12.0 Å². The highest BCUT2D eigenvalue weighted by atomic mass is 16.5. The van der Waals surface area contributed by atoms with Crippen LogP contribution in [0.4, 0.5) is 4.79 Å². The van der Waals surface area contributed by atoms with Gasteiger partial charge in [0.25, 0.3) is 0 Å². The number of benzene rings is 1. The van der Waals surface area contributed by atoms with E-state index >= 15 is 0 Å². The van der Waals surface area contributed by atoms with Crippen LogP contribution in [0.5, 0.6) is 5.75 Å². The van der Waals surface area contributed by atoms with Gasteiger partial charge < -0.3 is 20.1 Å². The number of nitrogens with one attached hydrogen (secondary N) is 2. The van der Waals surface area contributed by atoms with Crippen molar-refractivity contribution in [1.29, 1.82) is 0 Å². The summed E-state index contributed by atoms with van der Waals surface area (Å²) in [6.07, 6.45) is 0.0907. The van der Waals surface area contributed by atoms with E-state index in [1.807, 2.05) is 33.8 Å². The molecule has 1 aliphatic heterocycles. The summed E-state index contributed by atoms with van der Waals surface area (Å²) in [5, 5.41) is 5.65. The molecule has 1 unspecified atom stereocenters. The van der Waals surface area contributed by atoms with Crippen molar-refractivity contribution in [2.45, 2.75) is 46.2 Å². The minimum atomic E-state index is -0.644. The predicted octanol–water partition coefficient (Wildman–Crippen LogP) is 2.62. The van der Waals surface area contributed by atoms with Crippen LogP contribution in [-0.4, -0.2) is 31.8 Å². The first-order chi connectivity index (χ1) is 11.3. The molecule has 2 N–H and O–H groups in total. The molecule has 1 aliphatic rings. The van der Waals surface area contributed by atoms with E-state index in [1.54, 1.807) is 0 Å². The molecule has 24 heavy (non-hydrogen) atoms. The Morgan fingerprint density at radius 2 is 2.00 bits per heavy atom. The summed E-state index contributed by atoms with van der Waals surface area (Å²) >= 11 is 0. The number of amides is 2. The maximum absolute atomic E-state index is 12.7. The Morgan fingerprint density at radius 3 is 2.62 bits per heavy atom. The molecule has 0 bridgehead atoms. The number of fused-ring (bicyclic) bond motifs is 1. The Balaban J connectivity index is 2.19. The maximum Gasteiger partial charge on any atom is 0.407 e. The fourth-order valence-electron chi connectivity index (χ4n) is 3.01. The lowest BCUT2D eigenvalue weighted by atomic mass is 9.94. The summed E-state index contributed by atoms with van der Waals surface area (Å²) in [5.41, 5.74) is 3.19. The molecule has 2 rings (SSSR count). The summed E-state index contributed by atoms with van der Waals surface area (Å²) in [6.45, 7) is 8.35. The number of ether oxygens (including phenoxy) is 2. The van der Waals surface area contributed by atoms with Crippen molar-refractivity contribution in [3.05, 3.63) is 28.8 Å². The fraction of sp³-hybridized carbons (Fsp3) is 0.556. The van der Waals surface area contributed by atoms with E-state index in [0.717, 1.165) is 22.4 Å². The number of rotatable bonds is 4. The molecule has 132 valence electrons. The third-order valence-electron chi connectivity index (χ3n) is 4.20. The lowest BCUT2D eigenvalue weighted by Crippen LogP contribution is -2.50. The van der Waals surface area contributed by atoms with E-state index in [9.17, 15) is 9.59 Å². The largest absolute Gasteiger partial charge is 0.493 e. The smallest absolute Gasteiger partial charge is 0.407 e. The Morgan fingerprint density at radius 1 is 1.29 bits per heavy atom. The van der Waals surface area contributed by atoms with E-state index in [4.69, 9.17) is 4.74 Å². The zero-order chi connectivity index (χ0) is 17.9. The van der Waals surface area contributed by atoms with Crippen molar-refractivity contribution in [3.63, 3.8) is 0 Å². The van der Waals surface area contributed by atoms with Gasteiger partial charge in [0.2, 0.25) is 5.91 Å². The number of hydrogen-bond donors (Lipinski definition) is 2. The molecule has 2 atom stereocenters. The normalized spacial score (nSPS) is 17.5. The van der Waals surface area contributed by atoms with Crippen molar-refractivity contribution in [3.8, 4) is 5.75 Å². The van der Waals surface area contributed by atoms with Gasteiger partial charge in [0.15, 0.2) is 0 Å². The lowest BCUT2D eigenvalue weighted by molar-refractivity contribution is -0.125. The molecule has 0 saturated carbocycles. The molecule has 6 nitrogen and oxygen atoms in total.